The summed E-state index contributed by atoms with van der Waals surface area (Å²) < 4.78 is 4.64. The number of hydrogen-bond donors (Lipinski definition) is 1. The molecule has 17 heavy (non-hydrogen) atoms. The van der Waals surface area contributed by atoms with Crippen LogP contribution in [0.4, 0.5) is 0 Å². The molecule has 0 radical (unpaired) electrons. The maximum Gasteiger partial charge on any atom is 0.320 e. The van der Waals surface area contributed by atoms with Crippen LogP contribution in [-0.2, 0) is 14.9 Å². The molecular formula is C12H18BrNO2S. The van der Waals surface area contributed by atoms with Crippen molar-refractivity contribution in [3.63, 3.8) is 0 Å². The summed E-state index contributed by atoms with van der Waals surface area (Å²) in [7, 11) is 1.40. The summed E-state index contributed by atoms with van der Waals surface area (Å²) in [5.74, 6) is -0.244. The molecule has 1 aromatic heterocycles. The second-order valence-electron chi connectivity index (χ2n) is 4.48. The number of nitrogens with one attached hydrogen (secondary N) is 1. The Morgan fingerprint density at radius 3 is 2.88 bits per heavy atom. The van der Waals surface area contributed by atoms with Crippen LogP contribution in [0.1, 0.15) is 18.7 Å². The van der Waals surface area contributed by atoms with Crippen LogP contribution in [0.5, 0.6) is 0 Å². The van der Waals surface area contributed by atoms with Crippen molar-refractivity contribution in [2.24, 2.45) is 0 Å². The minimum atomic E-state index is -0.286. The van der Waals surface area contributed by atoms with Crippen LogP contribution in [0, 0.1) is 0 Å². The Bertz CT molecular complexity index is 351. The number of hydrogen-bond acceptors (Lipinski definition) is 4. The third-order valence-corrected chi connectivity index (χ3v) is 4.47. The molecule has 1 atom stereocenters. The molecule has 0 saturated heterocycles. The van der Waals surface area contributed by atoms with E-state index in [0.29, 0.717) is 6.54 Å². The molecule has 0 aliphatic carbocycles. The first kappa shape index (κ1) is 14.7. The SMILES string of the molecule is COC(=O)C(Br)CNCC(C)(C)c1cccs1. The first-order valence-corrected chi connectivity index (χ1v) is 7.23. The van der Waals surface area contributed by atoms with Gasteiger partial charge in [0.25, 0.3) is 0 Å². The maximum atomic E-state index is 11.2. The predicted molar refractivity (Wildman–Crippen MR) is 74.9 cm³/mol. The quantitative estimate of drug-likeness (QED) is 0.647. The fourth-order valence-corrected chi connectivity index (χ4v) is 2.74. The van der Waals surface area contributed by atoms with E-state index in [2.05, 4.69) is 57.3 Å². The van der Waals surface area contributed by atoms with Crippen molar-refractivity contribution in [2.45, 2.75) is 24.1 Å². The minimum Gasteiger partial charge on any atom is -0.468 e. The van der Waals surface area contributed by atoms with Crippen molar-refractivity contribution in [2.75, 3.05) is 20.2 Å². The Morgan fingerprint density at radius 1 is 1.65 bits per heavy atom. The van der Waals surface area contributed by atoms with Gasteiger partial charge < -0.3 is 10.1 Å². The molecule has 1 heterocycles. The Kier molecular flexibility index (Phi) is 5.62. The highest BCUT2D eigenvalue weighted by Gasteiger charge is 2.22. The fraction of sp³-hybridized carbons (Fsp3) is 0.583. The highest BCUT2D eigenvalue weighted by molar-refractivity contribution is 9.10. The second-order valence-corrected chi connectivity index (χ2v) is 6.54. The van der Waals surface area contributed by atoms with Gasteiger partial charge in [0.2, 0.25) is 0 Å². The Labute approximate surface area is 115 Å². The van der Waals surface area contributed by atoms with Crippen molar-refractivity contribution in [3.05, 3.63) is 22.4 Å². The third-order valence-electron chi connectivity index (χ3n) is 2.54. The van der Waals surface area contributed by atoms with Crippen molar-refractivity contribution in [1.82, 2.24) is 5.32 Å². The van der Waals surface area contributed by atoms with Crippen molar-refractivity contribution < 1.29 is 9.53 Å². The van der Waals surface area contributed by atoms with Crippen molar-refractivity contribution >= 4 is 33.2 Å². The lowest BCUT2D eigenvalue weighted by Crippen LogP contribution is -2.37. The van der Waals surface area contributed by atoms with Crippen LogP contribution in [0.3, 0.4) is 0 Å². The number of halogens is 1. The molecule has 0 aliphatic rings. The summed E-state index contributed by atoms with van der Waals surface area (Å²) in [6, 6.07) is 4.20. The summed E-state index contributed by atoms with van der Waals surface area (Å²) in [6.07, 6.45) is 0. The number of thiophene rings is 1. The number of carbonyl (C=O) groups excluding carboxylic acids is 1. The Hall–Kier alpha value is -0.390. The molecular weight excluding hydrogens is 302 g/mol. The molecule has 0 amide bonds. The highest BCUT2D eigenvalue weighted by atomic mass is 79.9. The summed E-state index contributed by atoms with van der Waals surface area (Å²) >= 11 is 5.04. The van der Waals surface area contributed by atoms with Crippen LogP contribution in [0.2, 0.25) is 0 Å². The number of alkyl halides is 1. The molecule has 0 spiro atoms. The topological polar surface area (TPSA) is 38.3 Å². The van der Waals surface area contributed by atoms with E-state index in [-0.39, 0.29) is 16.2 Å². The van der Waals surface area contributed by atoms with Gasteiger partial charge in [-0.15, -0.1) is 11.3 Å². The molecule has 0 saturated carbocycles. The molecule has 1 rings (SSSR count). The van der Waals surface area contributed by atoms with Gasteiger partial charge in [0, 0.05) is 23.4 Å². The van der Waals surface area contributed by atoms with E-state index in [9.17, 15) is 4.79 Å². The normalized spacial score (nSPS) is 13.4. The first-order chi connectivity index (χ1) is 7.97. The van der Waals surface area contributed by atoms with Crippen LogP contribution in [0.15, 0.2) is 17.5 Å². The van der Waals surface area contributed by atoms with E-state index in [4.69, 9.17) is 0 Å². The highest BCUT2D eigenvalue weighted by Crippen LogP contribution is 2.26. The second kappa shape index (κ2) is 6.52. The summed E-state index contributed by atoms with van der Waals surface area (Å²) in [5.41, 5.74) is 0.0804. The molecule has 0 fully saturated rings. The lowest BCUT2D eigenvalue weighted by Gasteiger charge is -2.24. The first-order valence-electron chi connectivity index (χ1n) is 5.44. The van der Waals surface area contributed by atoms with Gasteiger partial charge in [-0.3, -0.25) is 4.79 Å². The van der Waals surface area contributed by atoms with Crippen LogP contribution in [-0.4, -0.2) is 31.0 Å². The zero-order valence-electron chi connectivity index (χ0n) is 10.3. The van der Waals surface area contributed by atoms with Crippen LogP contribution < -0.4 is 5.32 Å². The van der Waals surface area contributed by atoms with E-state index in [1.807, 2.05) is 0 Å². The van der Waals surface area contributed by atoms with E-state index >= 15 is 0 Å². The van der Waals surface area contributed by atoms with Gasteiger partial charge in [0.1, 0.15) is 4.83 Å². The minimum absolute atomic E-state index is 0.0804. The van der Waals surface area contributed by atoms with Gasteiger partial charge in [-0.1, -0.05) is 35.8 Å². The summed E-state index contributed by atoms with van der Waals surface area (Å²) in [5, 5.41) is 5.37. The van der Waals surface area contributed by atoms with E-state index in [1.54, 1.807) is 11.3 Å². The lowest BCUT2D eigenvalue weighted by molar-refractivity contribution is -0.139. The molecule has 1 N–H and O–H groups in total. The number of esters is 1. The molecule has 0 aliphatic heterocycles. The Morgan fingerprint density at radius 2 is 2.35 bits per heavy atom. The number of ether oxygens (including phenoxy) is 1. The van der Waals surface area contributed by atoms with Crippen LogP contribution in [0.25, 0.3) is 0 Å². The lowest BCUT2D eigenvalue weighted by atomic mass is 9.91. The molecule has 5 heteroatoms. The fourth-order valence-electron chi connectivity index (χ4n) is 1.47. The van der Waals surface area contributed by atoms with E-state index in [0.717, 1.165) is 6.54 Å². The molecule has 0 aromatic carbocycles. The average Bonchev–Trinajstić information content (AvgIpc) is 2.81. The predicted octanol–water partition coefficient (Wildman–Crippen LogP) is 2.55. The van der Waals surface area contributed by atoms with Gasteiger partial charge >= 0.3 is 5.97 Å². The zero-order valence-corrected chi connectivity index (χ0v) is 12.7. The van der Waals surface area contributed by atoms with E-state index < -0.39 is 0 Å². The summed E-state index contributed by atoms with van der Waals surface area (Å²) in [6.45, 7) is 5.77. The molecule has 1 unspecified atom stereocenters. The van der Waals surface area contributed by atoms with Gasteiger partial charge in [-0.2, -0.15) is 0 Å². The molecule has 96 valence electrons. The number of rotatable bonds is 6. The number of methoxy groups -OCH3 is 1. The monoisotopic (exact) mass is 319 g/mol. The Balaban J connectivity index is 2.38. The third kappa shape index (κ3) is 4.41. The van der Waals surface area contributed by atoms with Crippen molar-refractivity contribution in [3.8, 4) is 0 Å². The standard InChI is InChI=1S/C12H18BrNO2S/c1-12(2,10-5-4-6-17-10)8-14-7-9(13)11(15)16-3/h4-6,9,14H,7-8H2,1-3H3. The van der Waals surface area contributed by atoms with Gasteiger partial charge in [-0.25, -0.2) is 0 Å². The smallest absolute Gasteiger partial charge is 0.320 e. The summed E-state index contributed by atoms with van der Waals surface area (Å²) in [4.78, 5) is 12.2. The average molecular weight is 320 g/mol. The molecule has 1 aromatic rings. The van der Waals surface area contributed by atoms with E-state index in [1.165, 1.54) is 12.0 Å². The van der Waals surface area contributed by atoms with Gasteiger partial charge in [0.15, 0.2) is 0 Å². The van der Waals surface area contributed by atoms with Crippen LogP contribution >= 0.6 is 27.3 Å². The van der Waals surface area contributed by atoms with Gasteiger partial charge in [0.05, 0.1) is 7.11 Å². The zero-order chi connectivity index (χ0) is 12.9. The molecule has 3 nitrogen and oxygen atoms in total. The molecule has 0 bridgehead atoms. The maximum absolute atomic E-state index is 11.2. The van der Waals surface area contributed by atoms with Crippen molar-refractivity contribution in [1.29, 1.82) is 0 Å². The van der Waals surface area contributed by atoms with Gasteiger partial charge in [-0.05, 0) is 11.4 Å². The number of carbonyl (C=O) groups is 1. The largest absolute Gasteiger partial charge is 0.468 e.